The summed E-state index contributed by atoms with van der Waals surface area (Å²) in [6.07, 6.45) is 35.9. The van der Waals surface area contributed by atoms with Gasteiger partial charge in [-0.15, -0.1) is 0 Å². The van der Waals surface area contributed by atoms with Gasteiger partial charge in [0.1, 0.15) is 0 Å². The SMILES string of the molecule is CCCC[P+](CCCC)(CCCC)CCCC.CCCC[P+](CCCC)(CCCC)CCCC.FB(F)F.F[P-](F)(F)(F)(F)F.[F-]. The van der Waals surface area contributed by atoms with E-state index < -0.39 is 29.9 Å². The number of unbranched alkanes of at least 4 members (excludes halogenated alkanes) is 8. The van der Waals surface area contributed by atoms with E-state index in [0.717, 1.165) is 0 Å². The molecule has 0 unspecified atom stereocenters. The van der Waals surface area contributed by atoms with Gasteiger partial charge in [0.05, 0.1) is 49.3 Å². The molecule has 0 amide bonds. The molecule has 0 aromatic rings. The second-order valence-corrected chi connectivity index (χ2v) is 23.4. The average Bonchev–Trinajstić information content (AvgIpc) is 2.94. The van der Waals surface area contributed by atoms with Crippen molar-refractivity contribution in [2.45, 2.75) is 158 Å². The quantitative estimate of drug-likeness (QED) is 0.0524. The molecular weight excluding hydrogens is 678 g/mol. The van der Waals surface area contributed by atoms with Gasteiger partial charge in [0.25, 0.3) is 0 Å². The first-order valence-electron chi connectivity index (χ1n) is 17.9. The van der Waals surface area contributed by atoms with Gasteiger partial charge in [0.2, 0.25) is 0 Å². The van der Waals surface area contributed by atoms with Gasteiger partial charge < -0.3 is 4.70 Å². The Morgan fingerprint density at radius 1 is 0.348 bits per heavy atom. The molecule has 0 saturated heterocycles. The van der Waals surface area contributed by atoms with Crippen LogP contribution in [0.2, 0.25) is 0 Å². The van der Waals surface area contributed by atoms with E-state index in [-0.39, 0.29) is 4.70 Å². The monoisotopic (exact) mass is 750 g/mol. The van der Waals surface area contributed by atoms with E-state index in [2.05, 4.69) is 55.4 Å². The molecule has 0 saturated carbocycles. The maximum Gasteiger partial charge on any atom is -1.00 e. The van der Waals surface area contributed by atoms with Crippen LogP contribution in [0.3, 0.4) is 0 Å². The summed E-state index contributed by atoms with van der Waals surface area (Å²) in [4.78, 5) is 0. The minimum Gasteiger partial charge on any atom is -1.00 e. The number of rotatable bonds is 24. The Balaban J connectivity index is -0.000000182. The van der Waals surface area contributed by atoms with E-state index in [1.807, 2.05) is 0 Å². The first kappa shape index (κ1) is 56.0. The predicted octanol–water partition coefficient (Wildman–Crippen LogP) is 13.7. The van der Waals surface area contributed by atoms with Gasteiger partial charge in [0, 0.05) is 14.5 Å². The first-order chi connectivity index (χ1) is 20.7. The number of halogens is 10. The molecule has 0 nitrogen and oxygen atoms in total. The second kappa shape index (κ2) is 30.5. The molecular formula is C32H72BF10P3. The van der Waals surface area contributed by atoms with Crippen LogP contribution in [0.25, 0.3) is 0 Å². The summed E-state index contributed by atoms with van der Waals surface area (Å²) in [5, 5.41) is 0. The molecule has 14 heteroatoms. The van der Waals surface area contributed by atoms with Crippen molar-refractivity contribution in [3.8, 4) is 0 Å². The molecule has 0 aliphatic carbocycles. The van der Waals surface area contributed by atoms with Crippen molar-refractivity contribution in [2.24, 2.45) is 0 Å². The molecule has 0 aromatic heterocycles. The maximum absolute atomic E-state index is 10.7. The van der Waals surface area contributed by atoms with Crippen molar-refractivity contribution in [3.63, 3.8) is 0 Å². The fraction of sp³-hybridized carbons (Fsp3) is 1.00. The Hall–Kier alpha value is 0.655. The Labute approximate surface area is 279 Å². The summed E-state index contributed by atoms with van der Waals surface area (Å²) < 4.78 is 88.2. The molecule has 0 atom stereocenters. The molecule has 0 N–H and O–H groups in total. The summed E-state index contributed by atoms with van der Waals surface area (Å²) in [6.45, 7) is 18.8. The largest absolute Gasteiger partial charge is 1.00 e. The van der Waals surface area contributed by atoms with Crippen molar-refractivity contribution in [1.29, 1.82) is 0 Å². The van der Waals surface area contributed by atoms with E-state index in [1.54, 1.807) is 49.3 Å². The third-order valence-electron chi connectivity index (χ3n) is 7.89. The minimum atomic E-state index is -10.7. The van der Waals surface area contributed by atoms with Gasteiger partial charge in [-0.05, 0) is 51.4 Å². The molecule has 0 rings (SSSR count). The zero-order valence-corrected chi connectivity index (χ0v) is 33.4. The van der Waals surface area contributed by atoms with Crippen LogP contribution in [0.4, 0.5) is 38.1 Å². The maximum atomic E-state index is 9.87. The Morgan fingerprint density at radius 2 is 0.435 bits per heavy atom. The van der Waals surface area contributed by atoms with E-state index >= 15 is 0 Å². The zero-order chi connectivity index (χ0) is 36.0. The standard InChI is InChI=1S/2C16H36P.BF3.F6P.FH/c2*1-5-9-13-17(14-10-6-2,15-11-7-3)16-12-8-4;2-1(3)4;1-7(2,3,4,5)6;/h2*5-16H2,1-4H3;;;1H/q2*+1;;-1;/p-1. The van der Waals surface area contributed by atoms with Gasteiger partial charge in [0.15, 0.2) is 0 Å². The third kappa shape index (κ3) is 51.5. The summed E-state index contributed by atoms with van der Waals surface area (Å²) in [5.41, 5.74) is 0. The average molecular weight is 751 g/mol. The predicted molar refractivity (Wildman–Crippen MR) is 195 cm³/mol. The second-order valence-electron chi connectivity index (χ2n) is 12.5. The van der Waals surface area contributed by atoms with Gasteiger partial charge in [-0.2, -0.15) is 0 Å². The van der Waals surface area contributed by atoms with Gasteiger partial charge in [-0.25, -0.2) is 0 Å². The van der Waals surface area contributed by atoms with Crippen LogP contribution in [0.1, 0.15) is 158 Å². The molecule has 0 spiro atoms. The van der Waals surface area contributed by atoms with Gasteiger partial charge in [-0.3, -0.25) is 12.9 Å². The fourth-order valence-corrected chi connectivity index (χ4v) is 15.9. The topological polar surface area (TPSA) is 0 Å². The van der Waals surface area contributed by atoms with Gasteiger partial charge >= 0.3 is 40.5 Å². The third-order valence-corrected chi connectivity index (χ3v) is 18.0. The summed E-state index contributed by atoms with van der Waals surface area (Å²) in [6, 6.07) is 0. The Bertz CT molecular complexity index is 499. The Morgan fingerprint density at radius 3 is 0.500 bits per heavy atom. The van der Waals surface area contributed by atoms with Crippen molar-refractivity contribution in [3.05, 3.63) is 0 Å². The summed E-state index contributed by atoms with van der Waals surface area (Å²) in [5.74, 6) is 0. The molecule has 0 aromatic carbocycles. The van der Waals surface area contributed by atoms with E-state index in [0.29, 0.717) is 0 Å². The van der Waals surface area contributed by atoms with E-state index in [4.69, 9.17) is 0 Å². The van der Waals surface area contributed by atoms with Gasteiger partial charge in [-0.1, -0.05) is 107 Å². The molecule has 0 fully saturated rings. The molecule has 0 heterocycles. The summed E-state index contributed by atoms with van der Waals surface area (Å²) in [7, 11) is -15.4. The van der Waals surface area contributed by atoms with Crippen molar-refractivity contribution in [1.82, 2.24) is 0 Å². The summed E-state index contributed by atoms with van der Waals surface area (Å²) >= 11 is 0. The number of hydrogen-bond donors (Lipinski definition) is 0. The van der Waals surface area contributed by atoms with Crippen molar-refractivity contribution >= 4 is 29.9 Å². The van der Waals surface area contributed by atoms with Crippen LogP contribution < -0.4 is 4.70 Å². The van der Waals surface area contributed by atoms with Crippen LogP contribution in [-0.4, -0.2) is 56.8 Å². The van der Waals surface area contributed by atoms with E-state index in [1.165, 1.54) is 103 Å². The van der Waals surface area contributed by atoms with Crippen LogP contribution >= 0.6 is 22.3 Å². The molecule has 0 radical (unpaired) electrons. The molecule has 288 valence electrons. The van der Waals surface area contributed by atoms with Crippen molar-refractivity contribution < 1.29 is 42.8 Å². The normalized spacial score (nSPS) is 13.0. The molecule has 0 bridgehead atoms. The molecule has 0 aliphatic rings. The van der Waals surface area contributed by atoms with Crippen LogP contribution in [0, 0.1) is 0 Å². The van der Waals surface area contributed by atoms with Crippen molar-refractivity contribution in [2.75, 3.05) is 49.3 Å². The fourth-order valence-electron chi connectivity index (χ4n) is 5.29. The minimum absolute atomic E-state index is 0. The molecule has 0 aliphatic heterocycles. The molecule has 46 heavy (non-hydrogen) atoms. The van der Waals surface area contributed by atoms with Crippen LogP contribution in [-0.2, 0) is 0 Å². The van der Waals surface area contributed by atoms with E-state index in [9.17, 15) is 38.1 Å². The number of hydrogen-bond acceptors (Lipinski definition) is 0. The zero-order valence-electron chi connectivity index (χ0n) is 30.7. The smallest absolute Gasteiger partial charge is 1.00 e. The first-order valence-corrected chi connectivity index (χ1v) is 24.9. The Kier molecular flexibility index (Phi) is 37.1. The van der Waals surface area contributed by atoms with Crippen LogP contribution in [0.15, 0.2) is 0 Å². The van der Waals surface area contributed by atoms with Crippen LogP contribution in [0.5, 0.6) is 0 Å².